The lowest BCUT2D eigenvalue weighted by atomic mass is 10.0. The second-order valence-corrected chi connectivity index (χ2v) is 5.01. The molecule has 1 aromatic heterocycles. The number of benzene rings is 1. The van der Waals surface area contributed by atoms with Crippen molar-refractivity contribution in [2.24, 2.45) is 0 Å². The summed E-state index contributed by atoms with van der Waals surface area (Å²) in [6, 6.07) is 10.3. The van der Waals surface area contributed by atoms with Crippen molar-refractivity contribution in [2.75, 3.05) is 7.05 Å². The van der Waals surface area contributed by atoms with Gasteiger partial charge in [0.05, 0.1) is 11.2 Å². The summed E-state index contributed by atoms with van der Waals surface area (Å²) in [6.07, 6.45) is 1.82. The van der Waals surface area contributed by atoms with Crippen molar-refractivity contribution in [3.8, 4) is 11.3 Å². The van der Waals surface area contributed by atoms with Crippen molar-refractivity contribution in [2.45, 2.75) is 26.3 Å². The maximum absolute atomic E-state index is 4.64. The largest absolute Gasteiger partial charge is 0.308 e. The minimum Gasteiger partial charge on any atom is -0.308 e. The van der Waals surface area contributed by atoms with Gasteiger partial charge >= 0.3 is 0 Å². The first-order valence-corrected chi connectivity index (χ1v) is 6.12. The molecule has 3 heteroatoms. The summed E-state index contributed by atoms with van der Waals surface area (Å²) in [5.41, 5.74) is 3.11. The minimum atomic E-state index is -0.222. The van der Waals surface area contributed by atoms with Gasteiger partial charge in [-0.05, 0) is 33.9 Å². The van der Waals surface area contributed by atoms with Crippen LogP contribution in [0.25, 0.3) is 11.3 Å². The molecule has 2 aromatic rings. The molecule has 0 aliphatic carbocycles. The number of aryl methyl sites for hydroxylation is 1. The molecule has 1 heterocycles. The summed E-state index contributed by atoms with van der Waals surface area (Å²) in [6.45, 7) is 6.22. The second kappa shape index (κ2) is 4.86. The van der Waals surface area contributed by atoms with Crippen molar-refractivity contribution in [3.05, 3.63) is 47.9 Å². The van der Waals surface area contributed by atoms with Crippen molar-refractivity contribution in [3.63, 3.8) is 0 Å². The van der Waals surface area contributed by atoms with E-state index in [0.29, 0.717) is 0 Å². The van der Waals surface area contributed by atoms with E-state index in [2.05, 4.69) is 60.3 Å². The van der Waals surface area contributed by atoms with Crippen LogP contribution in [0.3, 0.4) is 0 Å². The van der Waals surface area contributed by atoms with Gasteiger partial charge in [-0.25, -0.2) is 9.97 Å². The van der Waals surface area contributed by atoms with Gasteiger partial charge in [0.1, 0.15) is 5.82 Å². The van der Waals surface area contributed by atoms with Gasteiger partial charge in [0.15, 0.2) is 0 Å². The Labute approximate surface area is 108 Å². The minimum absolute atomic E-state index is 0.222. The molecule has 0 saturated carbocycles. The Hall–Kier alpha value is -1.74. The first-order valence-electron chi connectivity index (χ1n) is 6.12. The highest BCUT2D eigenvalue weighted by atomic mass is 15.0. The Morgan fingerprint density at radius 1 is 1.06 bits per heavy atom. The van der Waals surface area contributed by atoms with Crippen LogP contribution in [0.5, 0.6) is 0 Å². The average Bonchev–Trinajstić information content (AvgIpc) is 2.40. The molecule has 0 atom stereocenters. The normalized spacial score (nSPS) is 11.6. The summed E-state index contributed by atoms with van der Waals surface area (Å²) in [5, 5.41) is 3.22. The molecule has 18 heavy (non-hydrogen) atoms. The first-order chi connectivity index (χ1) is 8.53. The summed E-state index contributed by atoms with van der Waals surface area (Å²) in [7, 11) is 1.92. The van der Waals surface area contributed by atoms with E-state index >= 15 is 0 Å². The maximum Gasteiger partial charge on any atom is 0.148 e. The summed E-state index contributed by atoms with van der Waals surface area (Å²) in [5.74, 6) is 0.808. The van der Waals surface area contributed by atoms with Crippen LogP contribution in [0.4, 0.5) is 0 Å². The van der Waals surface area contributed by atoms with Gasteiger partial charge in [-0.2, -0.15) is 0 Å². The third-order valence-corrected chi connectivity index (χ3v) is 3.19. The van der Waals surface area contributed by atoms with Crippen LogP contribution in [0, 0.1) is 6.92 Å². The number of nitrogens with one attached hydrogen (secondary N) is 1. The molecule has 0 unspecified atom stereocenters. The molecule has 0 amide bonds. The monoisotopic (exact) mass is 241 g/mol. The molecule has 0 saturated heterocycles. The third kappa shape index (κ3) is 2.57. The topological polar surface area (TPSA) is 37.8 Å². The zero-order chi connectivity index (χ0) is 13.2. The van der Waals surface area contributed by atoms with Crippen LogP contribution in [-0.4, -0.2) is 17.0 Å². The third-order valence-electron chi connectivity index (χ3n) is 3.19. The predicted octanol–water partition coefficient (Wildman–Crippen LogP) is 2.91. The van der Waals surface area contributed by atoms with Gasteiger partial charge in [0.25, 0.3) is 0 Å². The summed E-state index contributed by atoms with van der Waals surface area (Å²) >= 11 is 0. The molecular weight excluding hydrogens is 222 g/mol. The van der Waals surface area contributed by atoms with Crippen molar-refractivity contribution in [1.82, 2.24) is 15.3 Å². The van der Waals surface area contributed by atoms with Gasteiger partial charge in [0, 0.05) is 11.8 Å². The Morgan fingerprint density at radius 3 is 2.33 bits per heavy atom. The molecule has 94 valence electrons. The molecular formula is C15H19N3. The molecule has 1 N–H and O–H groups in total. The van der Waals surface area contributed by atoms with Crippen LogP contribution in [0.15, 0.2) is 36.5 Å². The van der Waals surface area contributed by atoms with E-state index in [0.717, 1.165) is 17.1 Å². The quantitative estimate of drug-likeness (QED) is 0.898. The standard InChI is InChI=1S/C15H19N3/c1-11-5-7-12(8-6-11)13-9-10-17-14(18-13)15(2,3)16-4/h5-10,16H,1-4H3. The van der Waals surface area contributed by atoms with Gasteiger partial charge in [-0.15, -0.1) is 0 Å². The van der Waals surface area contributed by atoms with Crippen LogP contribution in [0.2, 0.25) is 0 Å². The molecule has 3 nitrogen and oxygen atoms in total. The fourth-order valence-corrected chi connectivity index (χ4v) is 1.66. The lowest BCUT2D eigenvalue weighted by Crippen LogP contribution is -2.35. The van der Waals surface area contributed by atoms with E-state index < -0.39 is 0 Å². The van der Waals surface area contributed by atoms with E-state index in [4.69, 9.17) is 0 Å². The van der Waals surface area contributed by atoms with E-state index in [1.807, 2.05) is 19.3 Å². The first kappa shape index (κ1) is 12.7. The van der Waals surface area contributed by atoms with Crippen LogP contribution in [0.1, 0.15) is 25.2 Å². The smallest absolute Gasteiger partial charge is 0.148 e. The number of nitrogens with zero attached hydrogens (tertiary/aromatic N) is 2. The van der Waals surface area contributed by atoms with Crippen molar-refractivity contribution >= 4 is 0 Å². The Morgan fingerprint density at radius 2 is 1.72 bits per heavy atom. The molecule has 0 bridgehead atoms. The number of hydrogen-bond donors (Lipinski definition) is 1. The zero-order valence-corrected chi connectivity index (χ0v) is 11.4. The molecule has 0 radical (unpaired) electrons. The van der Waals surface area contributed by atoms with Crippen molar-refractivity contribution in [1.29, 1.82) is 0 Å². The SMILES string of the molecule is CNC(C)(C)c1nccc(-c2ccc(C)cc2)n1. The molecule has 0 fully saturated rings. The lowest BCUT2D eigenvalue weighted by molar-refractivity contribution is 0.417. The number of hydrogen-bond acceptors (Lipinski definition) is 3. The van der Waals surface area contributed by atoms with E-state index in [1.54, 1.807) is 0 Å². The Balaban J connectivity index is 2.41. The van der Waals surface area contributed by atoms with E-state index in [9.17, 15) is 0 Å². The number of aromatic nitrogens is 2. The fraction of sp³-hybridized carbons (Fsp3) is 0.333. The van der Waals surface area contributed by atoms with Crippen LogP contribution >= 0.6 is 0 Å². The Bertz CT molecular complexity index is 530. The molecule has 0 aliphatic heterocycles. The highest BCUT2D eigenvalue weighted by Crippen LogP contribution is 2.21. The van der Waals surface area contributed by atoms with Crippen molar-refractivity contribution < 1.29 is 0 Å². The van der Waals surface area contributed by atoms with Gasteiger partial charge in [0.2, 0.25) is 0 Å². The summed E-state index contributed by atoms with van der Waals surface area (Å²) < 4.78 is 0. The highest BCUT2D eigenvalue weighted by Gasteiger charge is 2.21. The zero-order valence-electron chi connectivity index (χ0n) is 11.4. The average molecular weight is 241 g/mol. The molecule has 1 aromatic carbocycles. The second-order valence-electron chi connectivity index (χ2n) is 5.01. The summed E-state index contributed by atoms with van der Waals surface area (Å²) in [4.78, 5) is 8.99. The number of rotatable bonds is 3. The maximum atomic E-state index is 4.64. The molecule has 0 aliphatic rings. The predicted molar refractivity (Wildman–Crippen MR) is 74.3 cm³/mol. The Kier molecular flexibility index (Phi) is 3.43. The highest BCUT2D eigenvalue weighted by molar-refractivity contribution is 5.59. The van der Waals surface area contributed by atoms with Crippen LogP contribution < -0.4 is 5.32 Å². The van der Waals surface area contributed by atoms with E-state index in [-0.39, 0.29) is 5.54 Å². The molecule has 2 rings (SSSR count). The van der Waals surface area contributed by atoms with Gasteiger partial charge in [-0.3, -0.25) is 0 Å². The van der Waals surface area contributed by atoms with E-state index in [1.165, 1.54) is 5.56 Å². The lowest BCUT2D eigenvalue weighted by Gasteiger charge is -2.22. The van der Waals surface area contributed by atoms with Gasteiger partial charge in [-0.1, -0.05) is 29.8 Å². The van der Waals surface area contributed by atoms with Crippen LogP contribution in [-0.2, 0) is 5.54 Å². The van der Waals surface area contributed by atoms with Gasteiger partial charge < -0.3 is 5.32 Å². The molecule has 0 spiro atoms. The fourth-order valence-electron chi connectivity index (χ4n) is 1.66.